The molecule has 0 radical (unpaired) electrons. The number of hydrogen-bond acceptors (Lipinski definition) is 6. The normalized spacial score (nSPS) is 17.2. The number of hydrogen-bond donors (Lipinski definition) is 2. The fraction of sp³-hybridized carbons (Fsp3) is 0.273. The van der Waals surface area contributed by atoms with E-state index in [0.29, 0.717) is 30.2 Å². The van der Waals surface area contributed by atoms with Crippen LogP contribution >= 0.6 is 0 Å². The summed E-state index contributed by atoms with van der Waals surface area (Å²) in [6.45, 7) is 3.33. The molecule has 1 aliphatic heterocycles. The summed E-state index contributed by atoms with van der Waals surface area (Å²) in [6.07, 6.45) is 2.44. The molecule has 2 aromatic carbocycles. The van der Waals surface area contributed by atoms with Crippen molar-refractivity contribution in [3.05, 3.63) is 59.8 Å². The van der Waals surface area contributed by atoms with Gasteiger partial charge in [0, 0.05) is 30.1 Å². The van der Waals surface area contributed by atoms with Gasteiger partial charge in [0.15, 0.2) is 0 Å². The zero-order valence-electron chi connectivity index (χ0n) is 15.7. The minimum Gasteiger partial charge on any atom is -0.486 e. The minimum absolute atomic E-state index is 0.00818. The molecule has 0 saturated carbocycles. The van der Waals surface area contributed by atoms with Crippen LogP contribution in [-0.4, -0.2) is 24.3 Å². The second kappa shape index (κ2) is 7.75. The molecule has 1 aliphatic rings. The van der Waals surface area contributed by atoms with Crippen LogP contribution in [0.4, 0.5) is 11.4 Å². The number of ether oxygens (including phenoxy) is 2. The molecule has 2 heterocycles. The van der Waals surface area contributed by atoms with Gasteiger partial charge in [0.25, 0.3) is 0 Å². The minimum atomic E-state index is 0.00818. The van der Waals surface area contributed by atoms with Crippen LogP contribution in [0.15, 0.2) is 48.7 Å². The van der Waals surface area contributed by atoms with Crippen molar-refractivity contribution in [2.75, 3.05) is 24.3 Å². The fourth-order valence-corrected chi connectivity index (χ4v) is 3.41. The Balaban J connectivity index is 1.72. The molecule has 28 heavy (non-hydrogen) atoms. The highest BCUT2D eigenvalue weighted by Gasteiger charge is 2.20. The maximum Gasteiger partial charge on any atom is 0.144 e. The van der Waals surface area contributed by atoms with Crippen LogP contribution in [0, 0.1) is 11.3 Å². The van der Waals surface area contributed by atoms with Crippen molar-refractivity contribution in [2.45, 2.75) is 25.5 Å². The predicted octanol–water partition coefficient (Wildman–Crippen LogP) is 4.03. The number of pyridine rings is 1. The average molecular weight is 374 g/mol. The van der Waals surface area contributed by atoms with Gasteiger partial charge in [-0.1, -0.05) is 30.3 Å². The molecule has 0 amide bonds. The van der Waals surface area contributed by atoms with Crippen molar-refractivity contribution >= 4 is 22.3 Å². The molecule has 3 N–H and O–H groups in total. The fourth-order valence-electron chi connectivity index (χ4n) is 3.41. The molecular weight excluding hydrogens is 352 g/mol. The van der Waals surface area contributed by atoms with Crippen LogP contribution in [0.25, 0.3) is 10.9 Å². The number of anilines is 2. The lowest BCUT2D eigenvalue weighted by Crippen LogP contribution is -2.16. The molecule has 142 valence electrons. The maximum atomic E-state index is 9.58. The highest BCUT2D eigenvalue weighted by molar-refractivity contribution is 5.97. The van der Waals surface area contributed by atoms with Crippen molar-refractivity contribution in [2.24, 2.45) is 0 Å². The van der Waals surface area contributed by atoms with Crippen LogP contribution in [-0.2, 0) is 4.74 Å². The van der Waals surface area contributed by atoms with E-state index in [9.17, 15) is 5.26 Å². The van der Waals surface area contributed by atoms with E-state index < -0.39 is 0 Å². The number of nitrogens with two attached hydrogens (primary N) is 1. The van der Waals surface area contributed by atoms with Crippen LogP contribution in [0.2, 0.25) is 0 Å². The molecule has 3 aromatic rings. The molecule has 0 spiro atoms. The van der Waals surface area contributed by atoms with E-state index in [1.54, 1.807) is 6.20 Å². The quantitative estimate of drug-likeness (QED) is 0.655. The molecule has 1 fully saturated rings. The van der Waals surface area contributed by atoms with E-state index in [0.717, 1.165) is 28.6 Å². The van der Waals surface area contributed by atoms with Gasteiger partial charge < -0.3 is 20.5 Å². The summed E-state index contributed by atoms with van der Waals surface area (Å²) in [4.78, 5) is 4.44. The molecule has 2 atom stereocenters. The van der Waals surface area contributed by atoms with Crippen molar-refractivity contribution < 1.29 is 9.47 Å². The van der Waals surface area contributed by atoms with Gasteiger partial charge in [0.1, 0.15) is 17.9 Å². The number of nitrogens with one attached hydrogen (secondary N) is 1. The standard InChI is InChI=1S/C22H22N4O2/c1-14(15-5-3-2-4-6-15)26-22-16(11-23)12-25-20-10-21(19(24)9-18(20)22)28-17-7-8-27-13-17/h2-6,9-10,12,14,17H,7-8,13,24H2,1H3,(H,25,26)/t14-,17?/m1/s1. The van der Waals surface area contributed by atoms with E-state index in [1.807, 2.05) is 30.3 Å². The first-order chi connectivity index (χ1) is 13.7. The molecule has 4 rings (SSSR count). The first kappa shape index (κ1) is 18.1. The predicted molar refractivity (Wildman–Crippen MR) is 109 cm³/mol. The van der Waals surface area contributed by atoms with E-state index in [2.05, 4.69) is 35.4 Å². The smallest absolute Gasteiger partial charge is 0.144 e. The third-order valence-electron chi connectivity index (χ3n) is 4.96. The van der Waals surface area contributed by atoms with Gasteiger partial charge in [-0.15, -0.1) is 0 Å². The monoisotopic (exact) mass is 374 g/mol. The number of benzene rings is 2. The summed E-state index contributed by atoms with van der Waals surface area (Å²) < 4.78 is 11.3. The number of nitriles is 1. The van der Waals surface area contributed by atoms with E-state index in [1.165, 1.54) is 0 Å². The van der Waals surface area contributed by atoms with Crippen LogP contribution in [0.5, 0.6) is 5.75 Å². The number of aromatic nitrogens is 1. The van der Waals surface area contributed by atoms with Crippen molar-refractivity contribution in [1.82, 2.24) is 4.98 Å². The van der Waals surface area contributed by atoms with E-state index in [4.69, 9.17) is 15.2 Å². The number of rotatable bonds is 5. The Morgan fingerprint density at radius 1 is 1.32 bits per heavy atom. The lowest BCUT2D eigenvalue weighted by Gasteiger charge is -2.20. The zero-order valence-corrected chi connectivity index (χ0v) is 15.7. The molecule has 1 unspecified atom stereocenters. The van der Waals surface area contributed by atoms with Crippen LogP contribution in [0.3, 0.4) is 0 Å². The Morgan fingerprint density at radius 2 is 2.14 bits per heavy atom. The topological polar surface area (TPSA) is 93.2 Å². The molecule has 6 nitrogen and oxygen atoms in total. The summed E-state index contributed by atoms with van der Waals surface area (Å²) in [5, 5.41) is 13.8. The van der Waals surface area contributed by atoms with Gasteiger partial charge >= 0.3 is 0 Å². The first-order valence-electron chi connectivity index (χ1n) is 9.34. The maximum absolute atomic E-state index is 9.58. The van der Waals surface area contributed by atoms with Crippen molar-refractivity contribution in [3.8, 4) is 11.8 Å². The SMILES string of the molecule is C[C@@H](Nc1c(C#N)cnc2cc(OC3CCOC3)c(N)cc12)c1ccccc1. The molecule has 1 saturated heterocycles. The van der Waals surface area contributed by atoms with Gasteiger partial charge in [-0.2, -0.15) is 5.26 Å². The largest absolute Gasteiger partial charge is 0.486 e. The summed E-state index contributed by atoms with van der Waals surface area (Å²) in [5.74, 6) is 0.599. The van der Waals surface area contributed by atoms with Gasteiger partial charge in [0.05, 0.1) is 35.7 Å². The number of nitrogens with zero attached hydrogens (tertiary/aromatic N) is 2. The van der Waals surface area contributed by atoms with Gasteiger partial charge in [-0.3, -0.25) is 4.98 Å². The molecule has 6 heteroatoms. The Hall–Kier alpha value is -3.30. The Morgan fingerprint density at radius 3 is 2.86 bits per heavy atom. The lowest BCUT2D eigenvalue weighted by atomic mass is 10.0. The Kier molecular flexibility index (Phi) is 5.00. The Labute approximate surface area is 163 Å². The third kappa shape index (κ3) is 3.57. The molecule has 0 aliphatic carbocycles. The summed E-state index contributed by atoms with van der Waals surface area (Å²) in [7, 11) is 0. The Bertz CT molecular complexity index is 1020. The van der Waals surface area contributed by atoms with Crippen LogP contribution < -0.4 is 15.8 Å². The van der Waals surface area contributed by atoms with Gasteiger partial charge in [-0.05, 0) is 18.6 Å². The van der Waals surface area contributed by atoms with Crippen LogP contribution in [0.1, 0.15) is 30.5 Å². The van der Waals surface area contributed by atoms with E-state index in [-0.39, 0.29) is 12.1 Å². The van der Waals surface area contributed by atoms with Crippen molar-refractivity contribution in [3.63, 3.8) is 0 Å². The lowest BCUT2D eigenvalue weighted by molar-refractivity contribution is 0.142. The van der Waals surface area contributed by atoms with Gasteiger partial charge in [-0.25, -0.2) is 0 Å². The first-order valence-corrected chi connectivity index (χ1v) is 9.34. The molecule has 1 aromatic heterocycles. The third-order valence-corrected chi connectivity index (χ3v) is 4.96. The summed E-state index contributed by atoms with van der Waals surface area (Å²) in [6, 6.07) is 16.0. The average Bonchev–Trinajstić information content (AvgIpc) is 3.23. The second-order valence-corrected chi connectivity index (χ2v) is 6.95. The van der Waals surface area contributed by atoms with E-state index >= 15 is 0 Å². The summed E-state index contributed by atoms with van der Waals surface area (Å²) in [5.41, 5.74) is 9.85. The molecule has 0 bridgehead atoms. The number of nitrogen functional groups attached to an aromatic ring is 1. The summed E-state index contributed by atoms with van der Waals surface area (Å²) >= 11 is 0. The number of fused-ring (bicyclic) bond motifs is 1. The van der Waals surface area contributed by atoms with Crippen molar-refractivity contribution in [1.29, 1.82) is 5.26 Å². The second-order valence-electron chi connectivity index (χ2n) is 6.95. The molecular formula is C22H22N4O2. The van der Waals surface area contributed by atoms with Gasteiger partial charge in [0.2, 0.25) is 0 Å². The highest BCUT2D eigenvalue weighted by Crippen LogP contribution is 2.35. The highest BCUT2D eigenvalue weighted by atomic mass is 16.5. The zero-order chi connectivity index (χ0) is 19.5.